The molecular formula is C63H118O6. The summed E-state index contributed by atoms with van der Waals surface area (Å²) in [5, 5.41) is 0. The second kappa shape index (κ2) is 58.5. The number of rotatable bonds is 57. The minimum atomic E-state index is -0.772. The summed E-state index contributed by atoms with van der Waals surface area (Å²) in [6, 6.07) is 0. The Morgan fingerprint density at radius 3 is 0.841 bits per heavy atom. The van der Waals surface area contributed by atoms with Crippen molar-refractivity contribution in [2.24, 2.45) is 0 Å². The fourth-order valence-corrected chi connectivity index (χ4v) is 9.29. The maximum atomic E-state index is 12.9. The van der Waals surface area contributed by atoms with E-state index < -0.39 is 6.10 Å². The minimum Gasteiger partial charge on any atom is -0.462 e. The molecule has 406 valence electrons. The largest absolute Gasteiger partial charge is 0.462 e. The van der Waals surface area contributed by atoms with Crippen LogP contribution in [0.3, 0.4) is 0 Å². The summed E-state index contributed by atoms with van der Waals surface area (Å²) in [5.41, 5.74) is 0. The summed E-state index contributed by atoms with van der Waals surface area (Å²) < 4.78 is 16.9. The van der Waals surface area contributed by atoms with E-state index in [1.54, 1.807) is 0 Å². The van der Waals surface area contributed by atoms with Crippen LogP contribution in [-0.2, 0) is 28.6 Å². The van der Waals surface area contributed by atoms with Crippen molar-refractivity contribution in [2.45, 2.75) is 348 Å². The first-order chi connectivity index (χ1) is 34.0. The van der Waals surface area contributed by atoms with Gasteiger partial charge < -0.3 is 14.2 Å². The molecule has 0 aromatic rings. The number of unbranched alkanes of at least 4 members (excludes halogenated alkanes) is 42. The quantitative estimate of drug-likeness (QED) is 0.0261. The zero-order valence-electron chi connectivity index (χ0n) is 46.6. The van der Waals surface area contributed by atoms with Gasteiger partial charge in [-0.1, -0.05) is 302 Å². The van der Waals surface area contributed by atoms with E-state index in [2.05, 4.69) is 45.1 Å². The van der Waals surface area contributed by atoms with E-state index >= 15 is 0 Å². The number of ether oxygens (including phenoxy) is 3. The van der Waals surface area contributed by atoms with Gasteiger partial charge in [0.1, 0.15) is 13.2 Å². The monoisotopic (exact) mass is 971 g/mol. The number of carbonyl (C=O) groups is 3. The minimum absolute atomic E-state index is 0.0698. The summed E-state index contributed by atoms with van der Waals surface area (Å²) >= 11 is 0. The van der Waals surface area contributed by atoms with E-state index in [4.69, 9.17) is 14.2 Å². The van der Waals surface area contributed by atoms with Gasteiger partial charge in [-0.05, 0) is 44.9 Å². The highest BCUT2D eigenvalue weighted by atomic mass is 16.6. The highest BCUT2D eigenvalue weighted by molar-refractivity contribution is 5.71. The average molecular weight is 972 g/mol. The van der Waals surface area contributed by atoms with Crippen molar-refractivity contribution in [3.8, 4) is 0 Å². The lowest BCUT2D eigenvalue weighted by atomic mass is 10.0. The molecule has 6 heteroatoms. The molecule has 0 N–H and O–H groups in total. The smallest absolute Gasteiger partial charge is 0.306 e. The van der Waals surface area contributed by atoms with Gasteiger partial charge in [0.2, 0.25) is 0 Å². The van der Waals surface area contributed by atoms with Crippen molar-refractivity contribution in [3.63, 3.8) is 0 Å². The molecule has 0 aliphatic carbocycles. The summed E-state index contributed by atoms with van der Waals surface area (Å²) in [5.74, 6) is -0.859. The molecule has 0 spiro atoms. The molecule has 1 atom stereocenters. The van der Waals surface area contributed by atoms with Crippen LogP contribution in [0.25, 0.3) is 0 Å². The number of allylic oxidation sites excluding steroid dienone is 4. The van der Waals surface area contributed by atoms with E-state index in [1.807, 2.05) is 0 Å². The van der Waals surface area contributed by atoms with Crippen molar-refractivity contribution < 1.29 is 28.6 Å². The summed E-state index contributed by atoms with van der Waals surface area (Å²) in [6.45, 7) is 6.65. The molecule has 0 saturated heterocycles. The maximum absolute atomic E-state index is 12.9. The van der Waals surface area contributed by atoms with Gasteiger partial charge in [0.15, 0.2) is 6.10 Å². The van der Waals surface area contributed by atoms with Gasteiger partial charge in [-0.2, -0.15) is 0 Å². The molecule has 0 rings (SSSR count). The van der Waals surface area contributed by atoms with Crippen LogP contribution in [0.4, 0.5) is 0 Å². The molecule has 0 fully saturated rings. The van der Waals surface area contributed by atoms with Crippen molar-refractivity contribution in [2.75, 3.05) is 13.2 Å². The molecule has 0 saturated carbocycles. The summed E-state index contributed by atoms with van der Waals surface area (Å²) in [4.78, 5) is 38.2. The first-order valence-corrected chi connectivity index (χ1v) is 30.8. The fourth-order valence-electron chi connectivity index (χ4n) is 9.29. The van der Waals surface area contributed by atoms with Crippen molar-refractivity contribution in [1.29, 1.82) is 0 Å². The third-order valence-electron chi connectivity index (χ3n) is 14.0. The van der Waals surface area contributed by atoms with Crippen molar-refractivity contribution >= 4 is 17.9 Å². The zero-order valence-corrected chi connectivity index (χ0v) is 46.6. The van der Waals surface area contributed by atoms with Crippen LogP contribution in [0.2, 0.25) is 0 Å². The lowest BCUT2D eigenvalue weighted by Gasteiger charge is -2.18. The van der Waals surface area contributed by atoms with E-state index in [0.717, 1.165) is 77.0 Å². The van der Waals surface area contributed by atoms with Gasteiger partial charge >= 0.3 is 17.9 Å². The number of hydrogen-bond acceptors (Lipinski definition) is 6. The third kappa shape index (κ3) is 56.7. The molecule has 0 heterocycles. The Labute approximate surface area is 430 Å². The normalized spacial score (nSPS) is 12.1. The highest BCUT2D eigenvalue weighted by Gasteiger charge is 2.19. The Hall–Kier alpha value is -2.11. The lowest BCUT2D eigenvalue weighted by molar-refractivity contribution is -0.167. The van der Waals surface area contributed by atoms with Crippen LogP contribution in [0.1, 0.15) is 342 Å². The number of esters is 3. The number of hydrogen-bond donors (Lipinski definition) is 0. The first kappa shape index (κ1) is 66.9. The molecule has 0 aromatic heterocycles. The molecule has 0 aliphatic rings. The van der Waals surface area contributed by atoms with Crippen LogP contribution < -0.4 is 0 Å². The van der Waals surface area contributed by atoms with E-state index in [9.17, 15) is 14.4 Å². The van der Waals surface area contributed by atoms with Crippen molar-refractivity contribution in [3.05, 3.63) is 24.3 Å². The van der Waals surface area contributed by atoms with Crippen LogP contribution in [0, 0.1) is 0 Å². The molecular weight excluding hydrogens is 853 g/mol. The molecule has 6 nitrogen and oxygen atoms in total. The van der Waals surface area contributed by atoms with Gasteiger partial charge in [-0.3, -0.25) is 14.4 Å². The Bertz CT molecular complexity index is 1110. The Kier molecular flexibility index (Phi) is 56.7. The molecule has 0 aliphatic heterocycles. The van der Waals surface area contributed by atoms with Crippen LogP contribution in [0.5, 0.6) is 0 Å². The molecule has 0 bridgehead atoms. The predicted molar refractivity (Wildman–Crippen MR) is 298 cm³/mol. The van der Waals surface area contributed by atoms with Crippen LogP contribution in [0.15, 0.2) is 24.3 Å². The zero-order chi connectivity index (χ0) is 50.0. The van der Waals surface area contributed by atoms with Crippen molar-refractivity contribution in [1.82, 2.24) is 0 Å². The lowest BCUT2D eigenvalue weighted by Crippen LogP contribution is -2.30. The van der Waals surface area contributed by atoms with Gasteiger partial charge in [0, 0.05) is 19.3 Å². The average Bonchev–Trinajstić information content (AvgIpc) is 3.35. The van der Waals surface area contributed by atoms with Crippen LogP contribution >= 0.6 is 0 Å². The number of carbonyl (C=O) groups excluding carboxylic acids is 3. The Balaban J connectivity index is 4.26. The molecule has 0 radical (unpaired) electrons. The summed E-state index contributed by atoms with van der Waals surface area (Å²) in [6.07, 6.45) is 68.9. The maximum Gasteiger partial charge on any atom is 0.306 e. The SMILES string of the molecule is CCCC/C=C\C/C=C\CCCCCCCC(=O)OCC(COC(=O)CCCCCCCCCCCCCCCCCCCCCCCC)OC(=O)CCCCCCCCCCCCCCCCC. The Morgan fingerprint density at radius 1 is 0.290 bits per heavy atom. The molecule has 69 heavy (non-hydrogen) atoms. The molecule has 0 aromatic carbocycles. The second-order valence-corrected chi connectivity index (χ2v) is 21.0. The standard InChI is InChI=1S/C63H118O6/c1-4-7-10-13-16-19-22-25-28-29-30-31-32-33-34-36-38-41-44-47-50-53-56-62(65)68-59-60(58-67-61(64)55-52-49-46-43-40-37-27-24-21-18-15-12-9-6-3)69-63(66)57-54-51-48-45-42-39-35-26-23-20-17-14-11-8-5-2/h15,18,24,27,60H,4-14,16-17,19-23,25-26,28-59H2,1-3H3/b18-15-,27-24-. The fraction of sp³-hybridized carbons (Fsp3) is 0.889. The van der Waals surface area contributed by atoms with E-state index in [1.165, 1.54) is 225 Å². The molecule has 0 amide bonds. The highest BCUT2D eigenvalue weighted by Crippen LogP contribution is 2.18. The topological polar surface area (TPSA) is 78.9 Å². The second-order valence-electron chi connectivity index (χ2n) is 21.0. The first-order valence-electron chi connectivity index (χ1n) is 30.8. The van der Waals surface area contributed by atoms with Gasteiger partial charge in [0.05, 0.1) is 0 Å². The van der Waals surface area contributed by atoms with Gasteiger partial charge in [0.25, 0.3) is 0 Å². The predicted octanol–water partition coefficient (Wildman–Crippen LogP) is 20.7. The third-order valence-corrected chi connectivity index (χ3v) is 14.0. The van der Waals surface area contributed by atoms with Gasteiger partial charge in [-0.15, -0.1) is 0 Å². The Morgan fingerprint density at radius 2 is 0.536 bits per heavy atom. The van der Waals surface area contributed by atoms with Crippen LogP contribution in [-0.4, -0.2) is 37.2 Å². The van der Waals surface area contributed by atoms with Gasteiger partial charge in [-0.25, -0.2) is 0 Å². The molecule has 1 unspecified atom stereocenters. The van der Waals surface area contributed by atoms with E-state index in [0.29, 0.717) is 19.3 Å². The van der Waals surface area contributed by atoms with E-state index in [-0.39, 0.29) is 31.1 Å². The summed E-state index contributed by atoms with van der Waals surface area (Å²) in [7, 11) is 0.